The summed E-state index contributed by atoms with van der Waals surface area (Å²) < 4.78 is 0. The summed E-state index contributed by atoms with van der Waals surface area (Å²) in [7, 11) is 0. The molecule has 0 aliphatic heterocycles. The predicted octanol–water partition coefficient (Wildman–Crippen LogP) is 3.11. The second-order valence-corrected chi connectivity index (χ2v) is 6.62. The Balaban J connectivity index is 1.91. The number of hydrogen-bond acceptors (Lipinski definition) is 6. The summed E-state index contributed by atoms with van der Waals surface area (Å²) in [4.78, 5) is 25.3. The van der Waals surface area contributed by atoms with Gasteiger partial charge in [0.25, 0.3) is 0 Å². The molecule has 0 unspecified atom stereocenters. The lowest BCUT2D eigenvalue weighted by Gasteiger charge is -2.09. The maximum Gasteiger partial charge on any atom is 0.340 e. The first-order chi connectivity index (χ1) is 9.65. The van der Waals surface area contributed by atoms with Crippen molar-refractivity contribution in [1.29, 1.82) is 0 Å². The Morgan fingerprint density at radius 1 is 1.50 bits per heavy atom. The summed E-state index contributed by atoms with van der Waals surface area (Å²) in [6, 6.07) is 0. The van der Waals surface area contributed by atoms with E-state index in [9.17, 15) is 9.90 Å². The van der Waals surface area contributed by atoms with Crippen LogP contribution in [0, 0.1) is 6.92 Å². The smallest absolute Gasteiger partial charge is 0.340 e. The molecule has 0 aromatic carbocycles. The van der Waals surface area contributed by atoms with Crippen molar-refractivity contribution in [3.63, 3.8) is 0 Å². The number of thioether (sulfide) groups is 1. The number of aryl methyl sites for hydroxylation is 1. The van der Waals surface area contributed by atoms with Gasteiger partial charge >= 0.3 is 5.97 Å². The van der Waals surface area contributed by atoms with Crippen molar-refractivity contribution in [2.75, 3.05) is 0 Å². The van der Waals surface area contributed by atoms with E-state index in [1.807, 2.05) is 0 Å². The third-order valence-corrected chi connectivity index (χ3v) is 5.05. The molecule has 7 heteroatoms. The molecule has 5 nitrogen and oxygen atoms in total. The second kappa shape index (κ2) is 5.49. The van der Waals surface area contributed by atoms with Crippen LogP contribution in [0.5, 0.6) is 0 Å². The van der Waals surface area contributed by atoms with Crippen LogP contribution in [0.3, 0.4) is 0 Å². The molecule has 3 rings (SSSR count). The Morgan fingerprint density at radius 3 is 2.90 bits per heavy atom. The van der Waals surface area contributed by atoms with Gasteiger partial charge in [-0.1, -0.05) is 11.8 Å². The van der Waals surface area contributed by atoms with Crippen molar-refractivity contribution in [2.45, 2.75) is 36.5 Å². The van der Waals surface area contributed by atoms with Gasteiger partial charge < -0.3 is 5.11 Å². The largest absolute Gasteiger partial charge is 0.478 e. The molecule has 0 atom stereocenters. The summed E-state index contributed by atoms with van der Waals surface area (Å²) >= 11 is 3.01. The van der Waals surface area contributed by atoms with Gasteiger partial charge in [-0.3, -0.25) is 4.98 Å². The number of thiazole rings is 1. The average Bonchev–Trinajstić information content (AvgIpc) is 3.12. The first kappa shape index (κ1) is 13.5. The van der Waals surface area contributed by atoms with Crippen LogP contribution >= 0.6 is 23.1 Å². The lowest BCUT2D eigenvalue weighted by molar-refractivity contribution is 0.0690. The van der Waals surface area contributed by atoms with Crippen LogP contribution in [0.15, 0.2) is 16.7 Å². The quantitative estimate of drug-likeness (QED) is 0.675. The summed E-state index contributed by atoms with van der Waals surface area (Å²) in [5, 5.41) is 9.92. The zero-order valence-electron chi connectivity index (χ0n) is 10.9. The Kier molecular flexibility index (Phi) is 3.71. The van der Waals surface area contributed by atoms with Gasteiger partial charge in [0.05, 0.1) is 11.2 Å². The van der Waals surface area contributed by atoms with E-state index in [1.165, 1.54) is 11.8 Å². The highest BCUT2D eigenvalue weighted by Crippen LogP contribution is 2.39. The minimum absolute atomic E-state index is 0.226. The molecule has 0 saturated heterocycles. The maximum atomic E-state index is 11.4. The standard InChI is InChI=1S/C13H13N3O2S2/c1-7-10(13(17)18)12(16-11(15-7)8-2-3-8)19-5-9-4-14-6-20-9/h4,6,8H,2-3,5H2,1H3,(H,17,18). The van der Waals surface area contributed by atoms with E-state index in [1.54, 1.807) is 30.0 Å². The highest BCUT2D eigenvalue weighted by atomic mass is 32.2. The number of nitrogens with zero attached hydrogens (tertiary/aromatic N) is 3. The molecule has 2 aromatic rings. The third kappa shape index (κ3) is 2.83. The molecule has 0 spiro atoms. The fourth-order valence-corrected chi connectivity index (χ4v) is 3.61. The molecule has 1 saturated carbocycles. The van der Waals surface area contributed by atoms with Crippen LogP contribution in [-0.4, -0.2) is 26.0 Å². The van der Waals surface area contributed by atoms with Crippen molar-refractivity contribution >= 4 is 29.1 Å². The van der Waals surface area contributed by atoms with E-state index < -0.39 is 5.97 Å². The number of carboxylic acid groups (broad SMARTS) is 1. The second-order valence-electron chi connectivity index (χ2n) is 4.68. The highest BCUT2D eigenvalue weighted by Gasteiger charge is 2.29. The molecule has 2 heterocycles. The SMILES string of the molecule is Cc1nc(C2CC2)nc(SCc2cncs2)c1C(=O)O. The van der Waals surface area contributed by atoms with Crippen LogP contribution in [0.25, 0.3) is 0 Å². The number of carboxylic acids is 1. The van der Waals surface area contributed by atoms with Crippen molar-refractivity contribution in [1.82, 2.24) is 15.0 Å². The zero-order valence-corrected chi connectivity index (χ0v) is 12.5. The molecule has 104 valence electrons. The van der Waals surface area contributed by atoms with E-state index in [2.05, 4.69) is 15.0 Å². The van der Waals surface area contributed by atoms with Gasteiger partial charge in [0.2, 0.25) is 0 Å². The fourth-order valence-electron chi connectivity index (χ4n) is 1.90. The first-order valence-electron chi connectivity index (χ1n) is 6.27. The third-order valence-electron chi connectivity index (χ3n) is 3.06. The zero-order chi connectivity index (χ0) is 14.1. The maximum absolute atomic E-state index is 11.4. The molecule has 1 aliphatic rings. The topological polar surface area (TPSA) is 76.0 Å². The van der Waals surface area contributed by atoms with Crippen LogP contribution in [0.4, 0.5) is 0 Å². The molecule has 1 fully saturated rings. The van der Waals surface area contributed by atoms with Gasteiger partial charge in [0, 0.05) is 22.7 Å². The number of hydrogen-bond donors (Lipinski definition) is 1. The number of aromatic carboxylic acids is 1. The molecule has 0 amide bonds. The minimum Gasteiger partial charge on any atom is -0.478 e. The van der Waals surface area contributed by atoms with Gasteiger partial charge in [-0.15, -0.1) is 11.3 Å². The number of rotatable bonds is 5. The number of aromatic nitrogens is 3. The summed E-state index contributed by atoms with van der Waals surface area (Å²) in [5.41, 5.74) is 2.56. The van der Waals surface area contributed by atoms with Crippen molar-refractivity contribution in [3.05, 3.63) is 33.7 Å². The van der Waals surface area contributed by atoms with Gasteiger partial charge in [-0.05, 0) is 19.8 Å². The first-order valence-corrected chi connectivity index (χ1v) is 8.13. The summed E-state index contributed by atoms with van der Waals surface area (Å²) in [6.45, 7) is 1.74. The lowest BCUT2D eigenvalue weighted by Crippen LogP contribution is -2.09. The molecule has 1 aliphatic carbocycles. The molecular weight excluding hydrogens is 294 g/mol. The van der Waals surface area contributed by atoms with E-state index in [4.69, 9.17) is 0 Å². The van der Waals surface area contributed by atoms with E-state index >= 15 is 0 Å². The summed E-state index contributed by atoms with van der Waals surface area (Å²) in [5.74, 6) is 0.932. The monoisotopic (exact) mass is 307 g/mol. The minimum atomic E-state index is -0.961. The van der Waals surface area contributed by atoms with E-state index in [-0.39, 0.29) is 5.56 Å². The van der Waals surface area contributed by atoms with Crippen LogP contribution < -0.4 is 0 Å². The fraction of sp³-hybridized carbons (Fsp3) is 0.385. The number of carbonyl (C=O) groups is 1. The molecular formula is C13H13N3O2S2. The Morgan fingerprint density at radius 2 is 2.30 bits per heavy atom. The van der Waals surface area contributed by atoms with Crippen LogP contribution in [0.2, 0.25) is 0 Å². The Hall–Kier alpha value is -1.47. The average molecular weight is 307 g/mol. The van der Waals surface area contributed by atoms with E-state index in [0.29, 0.717) is 22.4 Å². The van der Waals surface area contributed by atoms with Crippen molar-refractivity contribution in [3.8, 4) is 0 Å². The Labute approximate surface area is 124 Å². The molecule has 2 aromatic heterocycles. The molecule has 20 heavy (non-hydrogen) atoms. The van der Waals surface area contributed by atoms with Crippen LogP contribution in [0.1, 0.15) is 45.5 Å². The predicted molar refractivity (Wildman–Crippen MR) is 77.4 cm³/mol. The lowest BCUT2D eigenvalue weighted by atomic mass is 10.2. The van der Waals surface area contributed by atoms with Crippen molar-refractivity contribution in [2.24, 2.45) is 0 Å². The van der Waals surface area contributed by atoms with Gasteiger partial charge in [0.1, 0.15) is 16.4 Å². The van der Waals surface area contributed by atoms with Gasteiger partial charge in [-0.25, -0.2) is 14.8 Å². The van der Waals surface area contributed by atoms with Crippen LogP contribution in [-0.2, 0) is 5.75 Å². The molecule has 0 bridgehead atoms. The highest BCUT2D eigenvalue weighted by molar-refractivity contribution is 7.98. The Bertz CT molecular complexity index is 639. The van der Waals surface area contributed by atoms with Crippen molar-refractivity contribution < 1.29 is 9.90 Å². The van der Waals surface area contributed by atoms with Gasteiger partial charge in [0.15, 0.2) is 0 Å². The normalized spacial score (nSPS) is 14.4. The van der Waals surface area contributed by atoms with Gasteiger partial charge in [-0.2, -0.15) is 0 Å². The van der Waals surface area contributed by atoms with E-state index in [0.717, 1.165) is 23.5 Å². The summed E-state index contributed by atoms with van der Waals surface area (Å²) in [6.07, 6.45) is 4.00. The molecule has 0 radical (unpaired) electrons. The molecule has 1 N–H and O–H groups in total.